The molecule has 2 aliphatic rings. The molecule has 37 heavy (non-hydrogen) atoms. The third-order valence-electron chi connectivity index (χ3n) is 8.16. The summed E-state index contributed by atoms with van der Waals surface area (Å²) in [7, 11) is 1.70. The van der Waals surface area contributed by atoms with Gasteiger partial charge in [-0.05, 0) is 28.9 Å². The second kappa shape index (κ2) is 13.8. The van der Waals surface area contributed by atoms with Gasteiger partial charge in [-0.1, -0.05) is 88.4 Å². The Bertz CT molecular complexity index is 908. The summed E-state index contributed by atoms with van der Waals surface area (Å²) in [6.45, 7) is 11.0. The molecule has 4 rings (SSSR count). The van der Waals surface area contributed by atoms with Crippen molar-refractivity contribution < 1.29 is 28.4 Å². The van der Waals surface area contributed by atoms with Crippen molar-refractivity contribution in [2.24, 2.45) is 23.7 Å². The highest BCUT2D eigenvalue weighted by Gasteiger charge is 2.45. The van der Waals surface area contributed by atoms with Crippen molar-refractivity contribution in [2.45, 2.75) is 78.2 Å². The number of methoxy groups -OCH3 is 1. The van der Waals surface area contributed by atoms with E-state index in [0.717, 1.165) is 12.0 Å². The van der Waals surface area contributed by atoms with Crippen LogP contribution in [0.5, 0.6) is 0 Å². The minimum Gasteiger partial charge on any atom is -0.374 e. The fourth-order valence-electron chi connectivity index (χ4n) is 5.32. The molecule has 0 saturated carbocycles. The third kappa shape index (κ3) is 7.62. The summed E-state index contributed by atoms with van der Waals surface area (Å²) in [5.74, 6) is 1.25. The van der Waals surface area contributed by atoms with Crippen LogP contribution in [0.4, 0.5) is 0 Å². The molecular formula is C31H44O6. The molecule has 0 amide bonds. The van der Waals surface area contributed by atoms with Gasteiger partial charge in [0.25, 0.3) is 0 Å². The largest absolute Gasteiger partial charge is 0.374 e. The minimum absolute atomic E-state index is 0.0193. The molecule has 0 spiro atoms. The molecule has 2 saturated heterocycles. The van der Waals surface area contributed by atoms with E-state index in [1.54, 1.807) is 7.11 Å². The van der Waals surface area contributed by atoms with Crippen LogP contribution in [0.3, 0.4) is 0 Å². The lowest BCUT2D eigenvalue weighted by atomic mass is 9.83. The molecular weight excluding hydrogens is 468 g/mol. The Morgan fingerprint density at radius 3 is 1.84 bits per heavy atom. The van der Waals surface area contributed by atoms with Crippen molar-refractivity contribution in [1.29, 1.82) is 0 Å². The van der Waals surface area contributed by atoms with Crippen molar-refractivity contribution >= 4 is 0 Å². The molecule has 2 heterocycles. The van der Waals surface area contributed by atoms with E-state index in [9.17, 15) is 0 Å². The highest BCUT2D eigenvalue weighted by Crippen LogP contribution is 2.37. The van der Waals surface area contributed by atoms with Gasteiger partial charge in [-0.15, -0.1) is 0 Å². The summed E-state index contributed by atoms with van der Waals surface area (Å²) in [6, 6.07) is 20.4. The first-order valence-corrected chi connectivity index (χ1v) is 13.7. The predicted octanol–water partition coefficient (Wildman–Crippen LogP) is 5.84. The molecule has 2 aromatic carbocycles. The van der Waals surface area contributed by atoms with Crippen LogP contribution in [-0.4, -0.2) is 51.2 Å². The highest BCUT2D eigenvalue weighted by molar-refractivity contribution is 5.14. The summed E-state index contributed by atoms with van der Waals surface area (Å²) in [5, 5.41) is 0. The molecule has 9 atom stereocenters. The Morgan fingerprint density at radius 2 is 1.27 bits per heavy atom. The molecule has 0 aromatic heterocycles. The number of benzene rings is 2. The average Bonchev–Trinajstić information content (AvgIpc) is 2.92. The maximum absolute atomic E-state index is 6.70. The quantitative estimate of drug-likeness (QED) is 0.377. The zero-order valence-electron chi connectivity index (χ0n) is 23.0. The first-order valence-electron chi connectivity index (χ1n) is 13.7. The molecule has 0 N–H and O–H groups in total. The molecule has 204 valence electrons. The standard InChI is InChI=1S/C31H44O6/c1-21-16-29(35-27(22(21)2)19-33-17-25-12-8-6-9-13-25)37-30-23(3)24(4)31(32-5)36-28(30)20-34-18-26-14-10-7-11-15-26/h6-15,21-24,27-31H,16-20H2,1-5H3/t21-,22+,23-,24?,27?,28?,29+,30+,31+/m1/s1. The van der Waals surface area contributed by atoms with Crippen molar-refractivity contribution in [1.82, 2.24) is 0 Å². The van der Waals surface area contributed by atoms with Gasteiger partial charge in [-0.25, -0.2) is 0 Å². The second-order valence-corrected chi connectivity index (χ2v) is 10.8. The SMILES string of the molecule is CO[C@H]1OC(COCc2ccccc2)[C@@H](O[C@H]2C[C@@H](C)[C@H](C)C(COCc3ccccc3)O2)[C@H](C)C1C. The molecule has 6 nitrogen and oxygen atoms in total. The van der Waals surface area contributed by atoms with Gasteiger partial charge in [-0.3, -0.25) is 0 Å². The maximum Gasteiger partial charge on any atom is 0.160 e. The molecule has 2 fully saturated rings. The molecule has 0 aliphatic carbocycles. The Kier molecular flexibility index (Phi) is 10.5. The fraction of sp³-hybridized carbons (Fsp3) is 0.613. The highest BCUT2D eigenvalue weighted by atomic mass is 16.7. The van der Waals surface area contributed by atoms with Crippen LogP contribution in [0, 0.1) is 23.7 Å². The fourth-order valence-corrected chi connectivity index (χ4v) is 5.32. The Balaban J connectivity index is 1.37. The Labute approximate surface area is 222 Å². The van der Waals surface area contributed by atoms with E-state index in [2.05, 4.69) is 52.0 Å². The van der Waals surface area contributed by atoms with Gasteiger partial charge >= 0.3 is 0 Å². The van der Waals surface area contributed by atoms with Gasteiger partial charge in [0.15, 0.2) is 12.6 Å². The zero-order chi connectivity index (χ0) is 26.2. The van der Waals surface area contributed by atoms with E-state index in [4.69, 9.17) is 28.4 Å². The van der Waals surface area contributed by atoms with Crippen LogP contribution < -0.4 is 0 Å². The van der Waals surface area contributed by atoms with Gasteiger partial charge < -0.3 is 28.4 Å². The summed E-state index contributed by atoms with van der Waals surface area (Å²) < 4.78 is 37.3. The Hall–Kier alpha value is -1.80. The van der Waals surface area contributed by atoms with Crippen LogP contribution in [-0.2, 0) is 41.6 Å². The predicted molar refractivity (Wildman–Crippen MR) is 143 cm³/mol. The van der Waals surface area contributed by atoms with Crippen LogP contribution in [0.25, 0.3) is 0 Å². The lowest BCUT2D eigenvalue weighted by molar-refractivity contribution is -0.316. The second-order valence-electron chi connectivity index (χ2n) is 10.8. The average molecular weight is 513 g/mol. The third-order valence-corrected chi connectivity index (χ3v) is 8.16. The number of hydrogen-bond acceptors (Lipinski definition) is 6. The van der Waals surface area contributed by atoms with Gasteiger partial charge in [-0.2, -0.15) is 0 Å². The Morgan fingerprint density at radius 1 is 0.703 bits per heavy atom. The normalized spacial score (nSPS) is 34.4. The first kappa shape index (κ1) is 28.2. The van der Waals surface area contributed by atoms with Gasteiger partial charge in [0.05, 0.1) is 38.6 Å². The van der Waals surface area contributed by atoms with E-state index >= 15 is 0 Å². The van der Waals surface area contributed by atoms with Crippen LogP contribution in [0.2, 0.25) is 0 Å². The van der Waals surface area contributed by atoms with Gasteiger partial charge in [0.2, 0.25) is 0 Å². The van der Waals surface area contributed by atoms with Crippen LogP contribution in [0.15, 0.2) is 60.7 Å². The number of hydrogen-bond donors (Lipinski definition) is 0. The van der Waals surface area contributed by atoms with Crippen molar-refractivity contribution in [2.75, 3.05) is 20.3 Å². The first-order chi connectivity index (χ1) is 18.0. The van der Waals surface area contributed by atoms with Crippen LogP contribution >= 0.6 is 0 Å². The summed E-state index contributed by atoms with van der Waals surface area (Å²) in [6.07, 6.45) is -0.172. The molecule has 6 heteroatoms. The number of rotatable bonds is 11. The monoisotopic (exact) mass is 512 g/mol. The molecule has 3 unspecified atom stereocenters. The zero-order valence-corrected chi connectivity index (χ0v) is 23.0. The lowest BCUT2D eigenvalue weighted by Gasteiger charge is -2.47. The molecule has 0 bridgehead atoms. The van der Waals surface area contributed by atoms with E-state index in [0.29, 0.717) is 38.3 Å². The number of ether oxygens (including phenoxy) is 6. The van der Waals surface area contributed by atoms with Gasteiger partial charge in [0.1, 0.15) is 6.10 Å². The summed E-state index contributed by atoms with van der Waals surface area (Å²) in [4.78, 5) is 0. The van der Waals surface area contributed by atoms with Crippen LogP contribution in [0.1, 0.15) is 45.2 Å². The summed E-state index contributed by atoms with van der Waals surface area (Å²) >= 11 is 0. The van der Waals surface area contributed by atoms with E-state index < -0.39 is 0 Å². The van der Waals surface area contributed by atoms with Crippen molar-refractivity contribution in [3.05, 3.63) is 71.8 Å². The topological polar surface area (TPSA) is 55.4 Å². The van der Waals surface area contributed by atoms with E-state index in [1.165, 1.54) is 5.56 Å². The van der Waals surface area contributed by atoms with Crippen molar-refractivity contribution in [3.63, 3.8) is 0 Å². The van der Waals surface area contributed by atoms with E-state index in [1.807, 2.05) is 36.4 Å². The molecule has 0 radical (unpaired) electrons. The maximum atomic E-state index is 6.70. The lowest BCUT2D eigenvalue weighted by Crippen LogP contribution is -2.55. The smallest absolute Gasteiger partial charge is 0.160 e. The van der Waals surface area contributed by atoms with Crippen molar-refractivity contribution in [3.8, 4) is 0 Å². The molecule has 2 aliphatic heterocycles. The van der Waals surface area contributed by atoms with E-state index in [-0.39, 0.29) is 42.7 Å². The minimum atomic E-state index is -0.310. The molecule has 2 aromatic rings. The van der Waals surface area contributed by atoms with Gasteiger partial charge in [0, 0.05) is 19.4 Å². The summed E-state index contributed by atoms with van der Waals surface area (Å²) in [5.41, 5.74) is 2.30.